The predicted octanol–water partition coefficient (Wildman–Crippen LogP) is 2.72. The quantitative estimate of drug-likeness (QED) is 0.493. The van der Waals surface area contributed by atoms with Crippen molar-refractivity contribution in [3.63, 3.8) is 0 Å². The van der Waals surface area contributed by atoms with Gasteiger partial charge in [-0.25, -0.2) is 9.98 Å². The molecule has 0 spiro atoms. The van der Waals surface area contributed by atoms with Crippen molar-refractivity contribution in [1.29, 1.82) is 5.26 Å². The van der Waals surface area contributed by atoms with Crippen molar-refractivity contribution in [2.24, 2.45) is 4.99 Å². The lowest BCUT2D eigenvalue weighted by molar-refractivity contribution is 0.283. The molecule has 0 aliphatic carbocycles. The summed E-state index contributed by atoms with van der Waals surface area (Å²) in [6.45, 7) is 8.38. The van der Waals surface area contributed by atoms with Crippen LogP contribution in [0.1, 0.15) is 11.5 Å². The van der Waals surface area contributed by atoms with E-state index >= 15 is 0 Å². The Hall–Kier alpha value is -3.20. The van der Waals surface area contributed by atoms with Crippen molar-refractivity contribution < 1.29 is 4.42 Å². The zero-order valence-electron chi connectivity index (χ0n) is 12.6. The van der Waals surface area contributed by atoms with E-state index in [0.717, 1.165) is 11.5 Å². The Morgan fingerprint density at radius 2 is 2.35 bits per heavy atom. The molecule has 3 heterocycles. The Kier molecular flexibility index (Phi) is 4.02. The fourth-order valence-electron chi connectivity index (χ4n) is 2.52. The van der Waals surface area contributed by atoms with Gasteiger partial charge in [0.2, 0.25) is 5.89 Å². The third kappa shape index (κ3) is 2.77. The maximum atomic E-state index is 9.17. The third-order valence-corrected chi connectivity index (χ3v) is 3.63. The Bertz CT molecular complexity index is 813. The van der Waals surface area contributed by atoms with E-state index in [4.69, 9.17) is 9.68 Å². The van der Waals surface area contributed by atoms with Gasteiger partial charge in [-0.2, -0.15) is 5.26 Å². The lowest BCUT2D eigenvalue weighted by Crippen LogP contribution is -2.29. The monoisotopic (exact) mass is 305 g/mol. The molecule has 1 aliphatic heterocycles. The van der Waals surface area contributed by atoms with Gasteiger partial charge < -0.3 is 9.32 Å². The van der Waals surface area contributed by atoms with Crippen LogP contribution in [0, 0.1) is 11.3 Å². The van der Waals surface area contributed by atoms with E-state index in [1.54, 1.807) is 6.20 Å². The standard InChI is InChI=1S/C17H15N5O/c1-3-12(10-18)16(19-2)22-9-7-13-15(11-22)23-17(21-13)14-6-4-5-8-20-14/h3-6,8H,1-2,7,9,11H2/b16-12-. The number of nitrogens with zero attached hydrogens (tertiary/aromatic N) is 5. The molecule has 0 aromatic carbocycles. The van der Waals surface area contributed by atoms with Gasteiger partial charge in [-0.15, -0.1) is 0 Å². The number of fused-ring (bicyclic) bond motifs is 1. The summed E-state index contributed by atoms with van der Waals surface area (Å²) in [4.78, 5) is 14.7. The summed E-state index contributed by atoms with van der Waals surface area (Å²) in [7, 11) is 0. The number of oxazole rings is 1. The molecule has 0 fully saturated rings. The molecule has 1 aliphatic rings. The second kappa shape index (κ2) is 6.28. The Labute approximate surface area is 134 Å². The zero-order chi connectivity index (χ0) is 16.2. The molecular weight excluding hydrogens is 290 g/mol. The van der Waals surface area contributed by atoms with E-state index in [1.165, 1.54) is 6.08 Å². The van der Waals surface area contributed by atoms with E-state index in [1.807, 2.05) is 23.1 Å². The van der Waals surface area contributed by atoms with Crippen molar-refractivity contribution in [2.45, 2.75) is 13.0 Å². The van der Waals surface area contributed by atoms with Crippen LogP contribution in [0.4, 0.5) is 0 Å². The van der Waals surface area contributed by atoms with Crippen LogP contribution >= 0.6 is 0 Å². The van der Waals surface area contributed by atoms with Gasteiger partial charge in [0.15, 0.2) is 0 Å². The van der Waals surface area contributed by atoms with Crippen molar-refractivity contribution in [3.8, 4) is 17.7 Å². The number of pyridine rings is 1. The number of hydrogen-bond acceptors (Lipinski definition) is 6. The van der Waals surface area contributed by atoms with Gasteiger partial charge in [0.1, 0.15) is 23.3 Å². The van der Waals surface area contributed by atoms with Crippen LogP contribution in [-0.2, 0) is 13.0 Å². The second-order valence-electron chi connectivity index (χ2n) is 4.99. The summed E-state index contributed by atoms with van der Waals surface area (Å²) in [6, 6.07) is 7.68. The minimum atomic E-state index is 0.396. The highest BCUT2D eigenvalue weighted by atomic mass is 16.4. The molecule has 0 radical (unpaired) electrons. The van der Waals surface area contributed by atoms with Gasteiger partial charge in [0.05, 0.1) is 17.8 Å². The fourth-order valence-corrected chi connectivity index (χ4v) is 2.52. The van der Waals surface area contributed by atoms with E-state index in [-0.39, 0.29) is 0 Å². The van der Waals surface area contributed by atoms with Crippen LogP contribution in [0.25, 0.3) is 11.6 Å². The average Bonchev–Trinajstić information content (AvgIpc) is 3.03. The van der Waals surface area contributed by atoms with Gasteiger partial charge >= 0.3 is 0 Å². The second-order valence-corrected chi connectivity index (χ2v) is 4.99. The number of nitriles is 1. The first kappa shape index (κ1) is 14.7. The van der Waals surface area contributed by atoms with Gasteiger partial charge in [-0.1, -0.05) is 12.6 Å². The number of aliphatic imine (C=N–C) groups is 1. The zero-order valence-corrected chi connectivity index (χ0v) is 12.6. The highest BCUT2D eigenvalue weighted by Gasteiger charge is 2.25. The lowest BCUT2D eigenvalue weighted by atomic mass is 10.1. The van der Waals surface area contributed by atoms with Gasteiger partial charge in [0.25, 0.3) is 0 Å². The fraction of sp³-hybridized carbons (Fsp3) is 0.176. The molecule has 2 aromatic heterocycles. The molecule has 6 heteroatoms. The first-order valence-corrected chi connectivity index (χ1v) is 7.15. The molecule has 3 rings (SSSR count). The minimum Gasteiger partial charge on any atom is -0.438 e. The molecular formula is C17H15N5O. The van der Waals surface area contributed by atoms with Crippen molar-refractivity contribution in [1.82, 2.24) is 14.9 Å². The van der Waals surface area contributed by atoms with E-state index in [2.05, 4.69) is 34.3 Å². The lowest BCUT2D eigenvalue weighted by Gasteiger charge is -2.27. The topological polar surface area (TPSA) is 78.3 Å². The molecule has 6 nitrogen and oxygen atoms in total. The third-order valence-electron chi connectivity index (χ3n) is 3.63. The number of allylic oxidation sites excluding steroid dienone is 2. The molecule has 23 heavy (non-hydrogen) atoms. The highest BCUT2D eigenvalue weighted by Crippen LogP contribution is 2.27. The van der Waals surface area contributed by atoms with Gasteiger partial charge in [-0.3, -0.25) is 4.98 Å². The molecule has 0 saturated heterocycles. The van der Waals surface area contributed by atoms with Crippen LogP contribution < -0.4 is 0 Å². The molecule has 0 saturated carbocycles. The normalized spacial score (nSPS) is 14.5. The smallest absolute Gasteiger partial charge is 0.245 e. The number of aromatic nitrogens is 2. The van der Waals surface area contributed by atoms with E-state index < -0.39 is 0 Å². The van der Waals surface area contributed by atoms with E-state index in [9.17, 15) is 0 Å². The number of hydrogen-bond donors (Lipinski definition) is 0. The SMILES string of the molecule is C=C/C(C#N)=C(\N=C)N1CCc2nc(-c3ccccn3)oc2C1. The summed E-state index contributed by atoms with van der Waals surface area (Å²) < 4.78 is 5.86. The molecule has 0 N–H and O–H groups in total. The molecule has 114 valence electrons. The summed E-state index contributed by atoms with van der Waals surface area (Å²) in [5, 5.41) is 9.17. The molecule has 0 bridgehead atoms. The van der Waals surface area contributed by atoms with Crippen LogP contribution in [0.2, 0.25) is 0 Å². The Balaban J connectivity index is 1.91. The van der Waals surface area contributed by atoms with Crippen LogP contribution in [0.15, 0.2) is 57.9 Å². The predicted molar refractivity (Wildman–Crippen MR) is 86.2 cm³/mol. The average molecular weight is 305 g/mol. The molecule has 0 atom stereocenters. The van der Waals surface area contributed by atoms with Crippen molar-refractivity contribution >= 4 is 6.72 Å². The molecule has 2 aromatic rings. The van der Waals surface area contributed by atoms with Crippen LogP contribution in [-0.4, -0.2) is 28.1 Å². The van der Waals surface area contributed by atoms with E-state index in [0.29, 0.717) is 42.5 Å². The van der Waals surface area contributed by atoms with Crippen molar-refractivity contribution in [3.05, 3.63) is 59.9 Å². The number of rotatable bonds is 4. The van der Waals surface area contributed by atoms with Crippen LogP contribution in [0.3, 0.4) is 0 Å². The van der Waals surface area contributed by atoms with Crippen molar-refractivity contribution in [2.75, 3.05) is 6.54 Å². The summed E-state index contributed by atoms with van der Waals surface area (Å²) in [5.74, 6) is 1.79. The molecule has 0 unspecified atom stereocenters. The summed E-state index contributed by atoms with van der Waals surface area (Å²) in [5.41, 5.74) is 2.02. The van der Waals surface area contributed by atoms with Gasteiger partial charge in [-0.05, 0) is 24.9 Å². The Morgan fingerprint density at radius 1 is 1.48 bits per heavy atom. The largest absolute Gasteiger partial charge is 0.438 e. The van der Waals surface area contributed by atoms with Gasteiger partial charge in [0, 0.05) is 19.2 Å². The molecule has 0 amide bonds. The van der Waals surface area contributed by atoms with Crippen LogP contribution in [0.5, 0.6) is 0 Å². The minimum absolute atomic E-state index is 0.396. The maximum absolute atomic E-state index is 9.17. The summed E-state index contributed by atoms with van der Waals surface area (Å²) in [6.07, 6.45) is 3.90. The maximum Gasteiger partial charge on any atom is 0.245 e. The first-order valence-electron chi connectivity index (χ1n) is 7.15. The first-order chi connectivity index (χ1) is 11.3. The highest BCUT2D eigenvalue weighted by molar-refractivity contribution is 5.47. The summed E-state index contributed by atoms with van der Waals surface area (Å²) >= 11 is 0. The Morgan fingerprint density at radius 3 is 3.00 bits per heavy atom.